The van der Waals surface area contributed by atoms with Crippen LogP contribution in [0, 0.1) is 18.8 Å². The fraction of sp³-hybridized carbons (Fsp3) is 0.304. The van der Waals surface area contributed by atoms with Crippen molar-refractivity contribution in [1.29, 1.82) is 0 Å². The van der Waals surface area contributed by atoms with Gasteiger partial charge in [-0.3, -0.25) is 14.0 Å². The first-order chi connectivity index (χ1) is 16.0. The monoisotopic (exact) mass is 478 g/mol. The number of fused-ring (bicyclic) bond motifs is 2. The number of carbonyl (C=O) groups is 2. The van der Waals surface area contributed by atoms with Gasteiger partial charge in [-0.25, -0.2) is 9.97 Å². The minimum Gasteiger partial charge on any atom is -0.375 e. The van der Waals surface area contributed by atoms with Crippen LogP contribution in [0.2, 0.25) is 0 Å². The normalized spacial score (nSPS) is 21.4. The molecule has 33 heavy (non-hydrogen) atoms. The molecule has 1 aromatic carbocycles. The Balaban J connectivity index is 1.23. The Labute approximate surface area is 198 Å². The van der Waals surface area contributed by atoms with Gasteiger partial charge in [0.25, 0.3) is 11.8 Å². The topological polar surface area (TPSA) is 106 Å². The number of nitrogen functional groups attached to an aromatic ring is 1. The summed E-state index contributed by atoms with van der Waals surface area (Å²) >= 11 is 2.86. The van der Waals surface area contributed by atoms with E-state index in [2.05, 4.69) is 15.3 Å². The average molecular weight is 479 g/mol. The highest BCUT2D eigenvalue weighted by Crippen LogP contribution is 2.50. The van der Waals surface area contributed by atoms with E-state index < -0.39 is 0 Å². The molecule has 6 rings (SSSR count). The number of nitrogens with one attached hydrogen (secondary N) is 1. The van der Waals surface area contributed by atoms with E-state index in [1.165, 1.54) is 22.7 Å². The lowest BCUT2D eigenvalue weighted by Crippen LogP contribution is -2.45. The van der Waals surface area contributed by atoms with Crippen molar-refractivity contribution in [1.82, 2.24) is 24.6 Å². The summed E-state index contributed by atoms with van der Waals surface area (Å²) in [4.78, 5) is 38.2. The van der Waals surface area contributed by atoms with Gasteiger partial charge in [-0.2, -0.15) is 0 Å². The molecule has 2 amide bonds. The van der Waals surface area contributed by atoms with E-state index in [1.807, 2.05) is 57.4 Å². The zero-order valence-electron chi connectivity index (χ0n) is 17.9. The van der Waals surface area contributed by atoms with Gasteiger partial charge >= 0.3 is 0 Å². The van der Waals surface area contributed by atoms with Crippen LogP contribution in [0.5, 0.6) is 0 Å². The van der Waals surface area contributed by atoms with E-state index in [9.17, 15) is 9.59 Å². The van der Waals surface area contributed by atoms with E-state index in [1.54, 1.807) is 0 Å². The molecular formula is C23H22N6O2S2. The molecule has 1 aliphatic carbocycles. The molecule has 4 heterocycles. The van der Waals surface area contributed by atoms with Crippen LogP contribution in [-0.4, -0.2) is 50.2 Å². The maximum atomic E-state index is 13.6. The van der Waals surface area contributed by atoms with Crippen LogP contribution in [0.15, 0.2) is 41.2 Å². The quantitative estimate of drug-likeness (QED) is 0.458. The number of hydrogen-bond donors (Lipinski definition) is 2. The molecule has 0 bridgehead atoms. The Morgan fingerprint density at radius 2 is 2.09 bits per heavy atom. The van der Waals surface area contributed by atoms with E-state index in [0.29, 0.717) is 46.2 Å². The molecule has 0 spiro atoms. The second-order valence-electron chi connectivity index (χ2n) is 8.61. The third kappa shape index (κ3) is 3.41. The summed E-state index contributed by atoms with van der Waals surface area (Å²) in [5.74, 6) is 0.764. The maximum absolute atomic E-state index is 13.6. The lowest BCUT2D eigenvalue weighted by molar-refractivity contribution is 0.0695. The number of anilines is 1. The van der Waals surface area contributed by atoms with E-state index >= 15 is 0 Å². The first kappa shape index (κ1) is 20.4. The Morgan fingerprint density at radius 1 is 1.24 bits per heavy atom. The molecule has 4 aromatic rings. The molecule has 168 valence electrons. The Morgan fingerprint density at radius 3 is 2.91 bits per heavy atom. The van der Waals surface area contributed by atoms with Crippen LogP contribution in [0.4, 0.5) is 5.13 Å². The number of rotatable bonds is 5. The summed E-state index contributed by atoms with van der Waals surface area (Å²) in [5, 5.41) is 7.34. The number of thiazole rings is 2. The standard InChI is InChI=1S/C23H22N6O2S2/c1-12-19(28-6-7-32-23(28)26-12)20(30)25-9-18-16-8-13(16)10-29(18)21(31)15-5-3-2-4-14(15)17-11-33-22(24)27-17/h2-7,11,13,16,18H,8-10H2,1H3,(H2,24,27)(H,25,30)/t13-,16-,18+/m0/s1. The number of benzene rings is 1. The molecule has 0 unspecified atom stereocenters. The van der Waals surface area contributed by atoms with Gasteiger partial charge in [-0.1, -0.05) is 18.2 Å². The predicted molar refractivity (Wildman–Crippen MR) is 129 cm³/mol. The van der Waals surface area contributed by atoms with Gasteiger partial charge in [0, 0.05) is 41.2 Å². The Kier molecular flexibility index (Phi) is 4.73. The van der Waals surface area contributed by atoms with E-state index in [-0.39, 0.29) is 17.9 Å². The number of carbonyl (C=O) groups excluding carboxylic acids is 2. The number of hydrogen-bond acceptors (Lipinski definition) is 7. The number of nitrogens with two attached hydrogens (primary N) is 1. The summed E-state index contributed by atoms with van der Waals surface area (Å²) in [6.07, 6.45) is 2.97. The van der Waals surface area contributed by atoms with Gasteiger partial charge in [0.1, 0.15) is 5.69 Å². The number of amides is 2. The smallest absolute Gasteiger partial charge is 0.270 e. The number of aryl methyl sites for hydroxylation is 1. The van der Waals surface area contributed by atoms with Gasteiger partial charge in [-0.15, -0.1) is 22.7 Å². The number of likely N-dealkylation sites (tertiary alicyclic amines) is 1. The molecule has 8 nitrogen and oxygen atoms in total. The fourth-order valence-electron chi connectivity index (χ4n) is 4.97. The summed E-state index contributed by atoms with van der Waals surface area (Å²) in [6, 6.07) is 7.50. The first-order valence-corrected chi connectivity index (χ1v) is 12.6. The van der Waals surface area contributed by atoms with Gasteiger partial charge in [0.2, 0.25) is 0 Å². The highest BCUT2D eigenvalue weighted by atomic mass is 32.1. The summed E-state index contributed by atoms with van der Waals surface area (Å²) in [5.41, 5.74) is 9.21. The summed E-state index contributed by atoms with van der Waals surface area (Å²) < 4.78 is 1.82. The van der Waals surface area contributed by atoms with Crippen LogP contribution < -0.4 is 11.1 Å². The predicted octanol–water partition coefficient (Wildman–Crippen LogP) is 3.30. The molecule has 3 N–H and O–H groups in total. The molecule has 3 aromatic heterocycles. The van der Waals surface area contributed by atoms with Gasteiger partial charge in [0.05, 0.1) is 17.4 Å². The second-order valence-corrected chi connectivity index (χ2v) is 10.4. The molecule has 0 radical (unpaired) electrons. The zero-order valence-corrected chi connectivity index (χ0v) is 19.5. The van der Waals surface area contributed by atoms with Crippen molar-refractivity contribution in [3.8, 4) is 11.3 Å². The van der Waals surface area contributed by atoms with Crippen LogP contribution in [0.1, 0.15) is 33.0 Å². The third-order valence-corrected chi connectivity index (χ3v) is 8.07. The van der Waals surface area contributed by atoms with Crippen molar-refractivity contribution in [2.45, 2.75) is 19.4 Å². The van der Waals surface area contributed by atoms with Gasteiger partial charge in [0.15, 0.2) is 10.1 Å². The van der Waals surface area contributed by atoms with Crippen molar-refractivity contribution in [3.05, 3.63) is 58.2 Å². The maximum Gasteiger partial charge on any atom is 0.270 e. The van der Waals surface area contributed by atoms with Crippen molar-refractivity contribution in [2.75, 3.05) is 18.8 Å². The number of imidazole rings is 1. The lowest BCUT2D eigenvalue weighted by Gasteiger charge is -2.28. The minimum atomic E-state index is -0.159. The molecule has 1 aliphatic heterocycles. The van der Waals surface area contributed by atoms with Crippen molar-refractivity contribution < 1.29 is 9.59 Å². The number of aromatic nitrogens is 3. The van der Waals surface area contributed by atoms with Crippen LogP contribution in [0.25, 0.3) is 16.2 Å². The molecule has 3 atom stereocenters. The van der Waals surface area contributed by atoms with Crippen LogP contribution in [-0.2, 0) is 0 Å². The van der Waals surface area contributed by atoms with Crippen molar-refractivity contribution in [3.63, 3.8) is 0 Å². The van der Waals surface area contributed by atoms with Crippen molar-refractivity contribution in [2.24, 2.45) is 11.8 Å². The van der Waals surface area contributed by atoms with Crippen LogP contribution in [0.3, 0.4) is 0 Å². The Bertz CT molecular complexity index is 1390. The van der Waals surface area contributed by atoms with E-state index in [4.69, 9.17) is 5.73 Å². The van der Waals surface area contributed by atoms with Crippen LogP contribution >= 0.6 is 22.7 Å². The number of nitrogens with zero attached hydrogens (tertiary/aromatic N) is 4. The molecular weight excluding hydrogens is 456 g/mol. The molecule has 10 heteroatoms. The molecule has 1 saturated carbocycles. The largest absolute Gasteiger partial charge is 0.375 e. The average Bonchev–Trinajstić information content (AvgIpc) is 3.16. The Hall–Kier alpha value is -3.24. The molecule has 2 aliphatic rings. The second kappa shape index (κ2) is 7.67. The third-order valence-electron chi connectivity index (χ3n) is 6.64. The highest BCUT2D eigenvalue weighted by molar-refractivity contribution is 7.15. The molecule has 1 saturated heterocycles. The first-order valence-electron chi connectivity index (χ1n) is 10.8. The van der Waals surface area contributed by atoms with Crippen molar-refractivity contribution >= 4 is 44.6 Å². The summed E-state index contributed by atoms with van der Waals surface area (Å²) in [6.45, 7) is 2.99. The van der Waals surface area contributed by atoms with Gasteiger partial charge < -0.3 is 16.0 Å². The molecule has 2 fully saturated rings. The lowest BCUT2D eigenvalue weighted by atomic mass is 10.0. The minimum absolute atomic E-state index is 0.0220. The highest BCUT2D eigenvalue weighted by Gasteiger charge is 2.54. The SMILES string of the molecule is Cc1nc2sccn2c1C(=O)NC[C@@H]1[C@H]2C[C@H]2CN1C(=O)c1ccccc1-c1csc(N)n1. The zero-order chi connectivity index (χ0) is 22.7. The van der Waals surface area contributed by atoms with E-state index in [0.717, 1.165) is 23.5 Å². The fourth-order valence-corrected chi connectivity index (χ4v) is 6.30. The van der Waals surface area contributed by atoms with Gasteiger partial charge in [-0.05, 0) is 31.2 Å². The number of piperidine rings is 1. The summed E-state index contributed by atoms with van der Waals surface area (Å²) in [7, 11) is 0.